The molecule has 2 aromatic rings. The molecule has 1 saturated carbocycles. The molecule has 0 bridgehead atoms. The predicted octanol–water partition coefficient (Wildman–Crippen LogP) is 6.66. The third-order valence-corrected chi connectivity index (χ3v) is 7.20. The first kappa shape index (κ1) is 16.0. The van der Waals surface area contributed by atoms with Gasteiger partial charge in [-0.3, -0.25) is 0 Å². The summed E-state index contributed by atoms with van der Waals surface area (Å²) in [6.45, 7) is 0. The summed E-state index contributed by atoms with van der Waals surface area (Å²) >= 11 is 4.19. The van der Waals surface area contributed by atoms with Crippen LogP contribution in [0.15, 0.2) is 70.5 Å². The molecule has 0 nitrogen and oxygen atoms in total. The monoisotopic (exact) mass is 328 g/mol. The Balaban J connectivity index is 1.72. The molecule has 3 rings (SSSR count). The Hall–Kier alpha value is -0.860. The van der Waals surface area contributed by atoms with Gasteiger partial charge in [-0.2, -0.15) is 0 Å². The summed E-state index contributed by atoms with van der Waals surface area (Å²) in [5.41, 5.74) is 0. The molecule has 0 spiro atoms. The summed E-state index contributed by atoms with van der Waals surface area (Å²) < 4.78 is 0. The van der Waals surface area contributed by atoms with Gasteiger partial charge in [-0.25, -0.2) is 0 Å². The first-order valence-corrected chi connectivity index (χ1v) is 10.1. The summed E-state index contributed by atoms with van der Waals surface area (Å²) in [6, 6.07) is 21.9. The maximum atomic E-state index is 2.26. The Morgan fingerprint density at radius 1 is 0.545 bits per heavy atom. The van der Waals surface area contributed by atoms with Crippen LogP contribution in [0.4, 0.5) is 0 Å². The fourth-order valence-corrected chi connectivity index (χ4v) is 5.84. The number of benzene rings is 2. The summed E-state index contributed by atoms with van der Waals surface area (Å²) in [7, 11) is 0. The zero-order valence-corrected chi connectivity index (χ0v) is 14.6. The SMILES string of the molecule is c1ccc(S[C@@H]2CCCCCC[C@H]2Sc2ccccc2)cc1. The second-order valence-electron chi connectivity index (χ2n) is 5.93. The van der Waals surface area contributed by atoms with Gasteiger partial charge in [0.1, 0.15) is 0 Å². The molecular formula is C20H24S2. The highest BCUT2D eigenvalue weighted by Gasteiger charge is 2.24. The van der Waals surface area contributed by atoms with Gasteiger partial charge in [0, 0.05) is 20.3 Å². The van der Waals surface area contributed by atoms with Gasteiger partial charge in [-0.05, 0) is 37.1 Å². The van der Waals surface area contributed by atoms with E-state index in [0.29, 0.717) is 0 Å². The van der Waals surface area contributed by atoms with Crippen LogP contribution >= 0.6 is 23.5 Å². The zero-order valence-electron chi connectivity index (χ0n) is 13.0. The smallest absolute Gasteiger partial charge is 0.0217 e. The Kier molecular flexibility index (Phi) is 6.32. The zero-order chi connectivity index (χ0) is 15.0. The maximum Gasteiger partial charge on any atom is 0.0217 e. The third kappa shape index (κ3) is 4.82. The minimum atomic E-state index is 0.730. The van der Waals surface area contributed by atoms with Crippen LogP contribution in [0.25, 0.3) is 0 Å². The van der Waals surface area contributed by atoms with E-state index in [4.69, 9.17) is 0 Å². The summed E-state index contributed by atoms with van der Waals surface area (Å²) in [5, 5.41) is 1.46. The lowest BCUT2D eigenvalue weighted by Gasteiger charge is -2.28. The van der Waals surface area contributed by atoms with Crippen molar-refractivity contribution in [1.82, 2.24) is 0 Å². The number of hydrogen-bond acceptors (Lipinski definition) is 2. The van der Waals surface area contributed by atoms with Gasteiger partial charge < -0.3 is 0 Å². The molecular weight excluding hydrogens is 304 g/mol. The minimum absolute atomic E-state index is 0.730. The van der Waals surface area contributed by atoms with Crippen molar-refractivity contribution in [3.8, 4) is 0 Å². The van der Waals surface area contributed by atoms with Crippen molar-refractivity contribution in [2.45, 2.75) is 58.8 Å². The van der Waals surface area contributed by atoms with Crippen molar-refractivity contribution in [3.63, 3.8) is 0 Å². The van der Waals surface area contributed by atoms with Gasteiger partial charge in [-0.1, -0.05) is 62.1 Å². The van der Waals surface area contributed by atoms with Crippen LogP contribution in [0.2, 0.25) is 0 Å². The second-order valence-corrected chi connectivity index (χ2v) is 8.56. The molecule has 0 amide bonds. The average Bonchev–Trinajstić information content (AvgIpc) is 2.55. The Labute approximate surface area is 143 Å². The predicted molar refractivity (Wildman–Crippen MR) is 99.9 cm³/mol. The van der Waals surface area contributed by atoms with Gasteiger partial charge in [0.15, 0.2) is 0 Å². The third-order valence-electron chi connectivity index (χ3n) is 4.20. The molecule has 116 valence electrons. The molecule has 2 aromatic carbocycles. The van der Waals surface area contributed by atoms with Crippen molar-refractivity contribution in [2.24, 2.45) is 0 Å². The van der Waals surface area contributed by atoms with Crippen molar-refractivity contribution in [3.05, 3.63) is 60.7 Å². The van der Waals surface area contributed by atoms with Crippen LogP contribution in [0.5, 0.6) is 0 Å². The van der Waals surface area contributed by atoms with E-state index in [1.165, 1.54) is 48.3 Å². The van der Waals surface area contributed by atoms with Gasteiger partial charge >= 0.3 is 0 Å². The topological polar surface area (TPSA) is 0 Å². The van der Waals surface area contributed by atoms with Crippen molar-refractivity contribution < 1.29 is 0 Å². The molecule has 0 unspecified atom stereocenters. The van der Waals surface area contributed by atoms with Gasteiger partial charge in [0.05, 0.1) is 0 Å². The Morgan fingerprint density at radius 2 is 0.955 bits per heavy atom. The largest absolute Gasteiger partial charge is 0.122 e. The normalized spacial score (nSPS) is 22.7. The highest BCUT2D eigenvalue weighted by molar-refractivity contribution is 8.03. The van der Waals surface area contributed by atoms with Crippen LogP contribution in [0.3, 0.4) is 0 Å². The lowest BCUT2D eigenvalue weighted by Crippen LogP contribution is -2.21. The van der Waals surface area contributed by atoms with Crippen LogP contribution in [0.1, 0.15) is 38.5 Å². The van der Waals surface area contributed by atoms with E-state index in [9.17, 15) is 0 Å². The quantitative estimate of drug-likeness (QED) is 0.615. The summed E-state index contributed by atoms with van der Waals surface area (Å²) in [4.78, 5) is 2.85. The van der Waals surface area contributed by atoms with Crippen LogP contribution < -0.4 is 0 Å². The summed E-state index contributed by atoms with van der Waals surface area (Å²) in [5.74, 6) is 0. The fourth-order valence-electron chi connectivity index (χ4n) is 3.03. The molecule has 1 aliphatic carbocycles. The standard InChI is InChI=1S/C20H24S2/c1-2-10-16-20(22-18-13-7-4-8-14-18)19(15-9-1)21-17-11-5-3-6-12-17/h3-8,11-14,19-20H,1-2,9-10,15-16H2/t19-,20-/m1/s1. The molecule has 0 saturated heterocycles. The Bertz CT molecular complexity index is 487. The van der Waals surface area contributed by atoms with E-state index in [-0.39, 0.29) is 0 Å². The van der Waals surface area contributed by atoms with Crippen LogP contribution in [-0.2, 0) is 0 Å². The van der Waals surface area contributed by atoms with Crippen molar-refractivity contribution in [2.75, 3.05) is 0 Å². The Morgan fingerprint density at radius 3 is 1.36 bits per heavy atom. The van der Waals surface area contributed by atoms with Crippen molar-refractivity contribution >= 4 is 23.5 Å². The van der Waals surface area contributed by atoms with E-state index >= 15 is 0 Å². The lowest BCUT2D eigenvalue weighted by atomic mass is 10.00. The van der Waals surface area contributed by atoms with E-state index in [1.807, 2.05) is 0 Å². The van der Waals surface area contributed by atoms with Gasteiger partial charge in [0.25, 0.3) is 0 Å². The molecule has 0 heterocycles. The number of rotatable bonds is 4. The second kappa shape index (κ2) is 8.69. The van der Waals surface area contributed by atoms with Crippen LogP contribution in [0, 0.1) is 0 Å². The van der Waals surface area contributed by atoms with E-state index in [0.717, 1.165) is 10.5 Å². The molecule has 0 aromatic heterocycles. The molecule has 2 heteroatoms. The molecule has 0 aliphatic heterocycles. The van der Waals surface area contributed by atoms with Gasteiger partial charge in [0.2, 0.25) is 0 Å². The first-order valence-electron chi connectivity index (χ1n) is 8.35. The minimum Gasteiger partial charge on any atom is -0.122 e. The molecule has 1 aliphatic rings. The van der Waals surface area contributed by atoms with E-state index < -0.39 is 0 Å². The van der Waals surface area contributed by atoms with Crippen LogP contribution in [-0.4, -0.2) is 10.5 Å². The van der Waals surface area contributed by atoms with E-state index in [2.05, 4.69) is 84.2 Å². The average molecular weight is 329 g/mol. The highest BCUT2D eigenvalue weighted by Crippen LogP contribution is 2.40. The van der Waals surface area contributed by atoms with Crippen molar-refractivity contribution in [1.29, 1.82) is 0 Å². The maximum absolute atomic E-state index is 2.26. The number of thioether (sulfide) groups is 2. The lowest BCUT2D eigenvalue weighted by molar-refractivity contribution is 0.521. The molecule has 22 heavy (non-hydrogen) atoms. The molecule has 2 atom stereocenters. The fraction of sp³-hybridized carbons (Fsp3) is 0.400. The number of hydrogen-bond donors (Lipinski definition) is 0. The molecule has 1 fully saturated rings. The molecule has 0 radical (unpaired) electrons. The molecule has 0 N–H and O–H groups in total. The highest BCUT2D eigenvalue weighted by atomic mass is 32.2. The van der Waals surface area contributed by atoms with E-state index in [1.54, 1.807) is 0 Å². The van der Waals surface area contributed by atoms with Gasteiger partial charge in [-0.15, -0.1) is 23.5 Å². The summed E-state index contributed by atoms with van der Waals surface area (Å²) in [6.07, 6.45) is 8.30. The first-order chi connectivity index (χ1) is 10.9.